The molecule has 1 atom stereocenters. The molecule has 0 N–H and O–H groups in total. The number of hydrogen-bond acceptors (Lipinski definition) is 2. The van der Waals surface area contributed by atoms with Crippen LogP contribution < -0.4 is 4.74 Å². The van der Waals surface area contributed by atoms with Crippen molar-refractivity contribution in [1.82, 2.24) is 4.90 Å². The molecule has 0 aliphatic carbocycles. The summed E-state index contributed by atoms with van der Waals surface area (Å²) in [5.74, 6) is 0.994. The molecule has 0 saturated carbocycles. The summed E-state index contributed by atoms with van der Waals surface area (Å²) in [7, 11) is 0. The van der Waals surface area contributed by atoms with Crippen molar-refractivity contribution >= 4 is 0 Å². The normalized spacial score (nSPS) is 21.2. The smallest absolute Gasteiger partial charge is 0.119 e. The van der Waals surface area contributed by atoms with E-state index in [1.54, 1.807) is 0 Å². The van der Waals surface area contributed by atoms with Gasteiger partial charge in [-0.25, -0.2) is 0 Å². The van der Waals surface area contributed by atoms with Crippen molar-refractivity contribution in [2.24, 2.45) is 0 Å². The second-order valence-electron chi connectivity index (χ2n) is 4.55. The Kier molecular flexibility index (Phi) is 3.83. The molecule has 2 rings (SSSR count). The Morgan fingerprint density at radius 3 is 2.75 bits per heavy atom. The van der Waals surface area contributed by atoms with E-state index >= 15 is 0 Å². The van der Waals surface area contributed by atoms with E-state index in [-0.39, 0.29) is 0 Å². The molecule has 0 amide bonds. The van der Waals surface area contributed by atoms with Gasteiger partial charge in [-0.15, -0.1) is 0 Å². The van der Waals surface area contributed by atoms with Crippen LogP contribution in [0.2, 0.25) is 0 Å². The monoisotopic (exact) mass is 219 g/mol. The molecular formula is C14H21NO. The van der Waals surface area contributed by atoms with Gasteiger partial charge in [-0.2, -0.15) is 0 Å². The highest BCUT2D eigenvalue weighted by atomic mass is 16.5. The number of aryl methyl sites for hydroxylation is 1. The SMILES string of the molecule is CCN1CCCC1COc1ccc(C)cc1. The van der Waals surface area contributed by atoms with Gasteiger partial charge in [0.2, 0.25) is 0 Å². The molecule has 0 radical (unpaired) electrons. The van der Waals surface area contributed by atoms with Gasteiger partial charge in [0.25, 0.3) is 0 Å². The van der Waals surface area contributed by atoms with Crippen LogP contribution >= 0.6 is 0 Å². The molecule has 1 heterocycles. The fourth-order valence-corrected chi connectivity index (χ4v) is 2.33. The van der Waals surface area contributed by atoms with E-state index in [1.165, 1.54) is 24.9 Å². The van der Waals surface area contributed by atoms with Gasteiger partial charge in [0.05, 0.1) is 0 Å². The Labute approximate surface area is 98.2 Å². The maximum absolute atomic E-state index is 5.84. The highest BCUT2D eigenvalue weighted by Crippen LogP contribution is 2.18. The predicted octanol–water partition coefficient (Wildman–Crippen LogP) is 2.86. The Balaban J connectivity index is 1.85. The molecule has 16 heavy (non-hydrogen) atoms. The summed E-state index contributed by atoms with van der Waals surface area (Å²) in [4.78, 5) is 2.51. The predicted molar refractivity (Wildman–Crippen MR) is 66.9 cm³/mol. The van der Waals surface area contributed by atoms with Crippen molar-refractivity contribution in [2.45, 2.75) is 32.7 Å². The number of ether oxygens (including phenoxy) is 1. The lowest BCUT2D eigenvalue weighted by Gasteiger charge is -2.22. The quantitative estimate of drug-likeness (QED) is 0.772. The largest absolute Gasteiger partial charge is 0.492 e. The molecule has 2 nitrogen and oxygen atoms in total. The first-order chi connectivity index (χ1) is 7.79. The van der Waals surface area contributed by atoms with E-state index in [9.17, 15) is 0 Å². The lowest BCUT2D eigenvalue weighted by atomic mass is 10.2. The first-order valence-electron chi connectivity index (χ1n) is 6.23. The summed E-state index contributed by atoms with van der Waals surface area (Å²) in [6.45, 7) is 7.53. The van der Waals surface area contributed by atoms with Crippen LogP contribution in [0.3, 0.4) is 0 Å². The van der Waals surface area contributed by atoms with Crippen LogP contribution in [0.5, 0.6) is 5.75 Å². The molecular weight excluding hydrogens is 198 g/mol. The molecule has 1 unspecified atom stereocenters. The number of nitrogens with zero attached hydrogens (tertiary/aromatic N) is 1. The third-order valence-corrected chi connectivity index (χ3v) is 3.37. The fourth-order valence-electron chi connectivity index (χ4n) is 2.33. The molecule has 88 valence electrons. The van der Waals surface area contributed by atoms with Gasteiger partial charge in [-0.3, -0.25) is 4.90 Å². The van der Waals surface area contributed by atoms with Crippen molar-refractivity contribution in [3.05, 3.63) is 29.8 Å². The summed E-state index contributed by atoms with van der Waals surface area (Å²) in [5, 5.41) is 0. The van der Waals surface area contributed by atoms with Crippen LogP contribution in [0.4, 0.5) is 0 Å². The molecule has 0 spiro atoms. The average molecular weight is 219 g/mol. The molecule has 2 heteroatoms. The number of benzene rings is 1. The fraction of sp³-hybridized carbons (Fsp3) is 0.571. The van der Waals surface area contributed by atoms with E-state index in [0.29, 0.717) is 6.04 Å². The molecule has 1 aromatic rings. The summed E-state index contributed by atoms with van der Waals surface area (Å²) in [5.41, 5.74) is 1.28. The highest BCUT2D eigenvalue weighted by Gasteiger charge is 2.23. The van der Waals surface area contributed by atoms with Crippen molar-refractivity contribution in [2.75, 3.05) is 19.7 Å². The number of hydrogen-bond donors (Lipinski definition) is 0. The van der Waals surface area contributed by atoms with Gasteiger partial charge in [0.1, 0.15) is 12.4 Å². The lowest BCUT2D eigenvalue weighted by Crippen LogP contribution is -2.33. The van der Waals surface area contributed by atoms with Gasteiger partial charge in [0.15, 0.2) is 0 Å². The first-order valence-corrected chi connectivity index (χ1v) is 6.23. The zero-order chi connectivity index (χ0) is 11.4. The summed E-state index contributed by atoms with van der Waals surface area (Å²) in [6.07, 6.45) is 2.59. The topological polar surface area (TPSA) is 12.5 Å². The van der Waals surface area contributed by atoms with Gasteiger partial charge >= 0.3 is 0 Å². The van der Waals surface area contributed by atoms with Gasteiger partial charge in [0, 0.05) is 6.04 Å². The molecule has 1 fully saturated rings. The molecule has 0 aromatic heterocycles. The van der Waals surface area contributed by atoms with Crippen LogP contribution in [0.1, 0.15) is 25.3 Å². The minimum absolute atomic E-state index is 0.617. The highest BCUT2D eigenvalue weighted by molar-refractivity contribution is 5.26. The van der Waals surface area contributed by atoms with E-state index in [1.807, 2.05) is 0 Å². The zero-order valence-corrected chi connectivity index (χ0v) is 10.3. The van der Waals surface area contributed by atoms with Crippen LogP contribution in [0.15, 0.2) is 24.3 Å². The molecule has 1 aromatic carbocycles. The number of rotatable bonds is 4. The van der Waals surface area contributed by atoms with Crippen LogP contribution in [0.25, 0.3) is 0 Å². The third-order valence-electron chi connectivity index (χ3n) is 3.37. The van der Waals surface area contributed by atoms with E-state index in [4.69, 9.17) is 4.74 Å². The van der Waals surface area contributed by atoms with Crippen LogP contribution in [0, 0.1) is 6.92 Å². The minimum atomic E-state index is 0.617. The Bertz CT molecular complexity index is 320. The third kappa shape index (κ3) is 2.76. The summed E-state index contributed by atoms with van der Waals surface area (Å²) < 4.78 is 5.84. The van der Waals surface area contributed by atoms with Crippen LogP contribution in [-0.4, -0.2) is 30.6 Å². The Hall–Kier alpha value is -1.02. The van der Waals surface area contributed by atoms with Crippen molar-refractivity contribution in [3.63, 3.8) is 0 Å². The van der Waals surface area contributed by atoms with Gasteiger partial charge in [-0.1, -0.05) is 24.6 Å². The molecule has 0 bridgehead atoms. The Morgan fingerprint density at radius 1 is 1.31 bits per heavy atom. The van der Waals surface area contributed by atoms with Crippen molar-refractivity contribution < 1.29 is 4.74 Å². The second-order valence-corrected chi connectivity index (χ2v) is 4.55. The average Bonchev–Trinajstić information content (AvgIpc) is 2.76. The number of likely N-dealkylation sites (N-methyl/N-ethyl adjacent to an activating group) is 1. The molecule has 1 saturated heterocycles. The van der Waals surface area contributed by atoms with Crippen molar-refractivity contribution in [3.8, 4) is 5.75 Å². The second kappa shape index (κ2) is 5.35. The van der Waals surface area contributed by atoms with Gasteiger partial charge < -0.3 is 4.74 Å². The number of likely N-dealkylation sites (tertiary alicyclic amines) is 1. The van der Waals surface area contributed by atoms with E-state index < -0.39 is 0 Å². The maximum Gasteiger partial charge on any atom is 0.119 e. The Morgan fingerprint density at radius 2 is 2.06 bits per heavy atom. The lowest BCUT2D eigenvalue weighted by molar-refractivity contribution is 0.179. The van der Waals surface area contributed by atoms with E-state index in [2.05, 4.69) is 43.0 Å². The maximum atomic E-state index is 5.84. The van der Waals surface area contributed by atoms with Crippen molar-refractivity contribution in [1.29, 1.82) is 0 Å². The molecule has 1 aliphatic rings. The standard InChI is InChI=1S/C14H21NO/c1-3-15-10-4-5-13(15)11-16-14-8-6-12(2)7-9-14/h6-9,13H,3-5,10-11H2,1-2H3. The first kappa shape index (κ1) is 11.5. The molecule has 1 aliphatic heterocycles. The van der Waals surface area contributed by atoms with Gasteiger partial charge in [-0.05, 0) is 45.0 Å². The zero-order valence-electron chi connectivity index (χ0n) is 10.3. The summed E-state index contributed by atoms with van der Waals surface area (Å²) in [6, 6.07) is 8.93. The van der Waals surface area contributed by atoms with Crippen LogP contribution in [-0.2, 0) is 0 Å². The summed E-state index contributed by atoms with van der Waals surface area (Å²) >= 11 is 0. The minimum Gasteiger partial charge on any atom is -0.492 e. The van der Waals surface area contributed by atoms with E-state index in [0.717, 1.165) is 18.9 Å².